The molecule has 2 rings (SSSR count). The molecule has 0 aromatic carbocycles. The maximum Gasteiger partial charge on any atom is 0.421 e. The van der Waals surface area contributed by atoms with Crippen molar-refractivity contribution in [3.05, 3.63) is 34.2 Å². The van der Waals surface area contributed by atoms with Crippen LogP contribution in [-0.4, -0.2) is 41.2 Å². The molecule has 0 bridgehead atoms. The van der Waals surface area contributed by atoms with Crippen LogP contribution in [0.25, 0.3) is 0 Å². The molecule has 116 valence electrons. The number of morpholine rings is 1. The Morgan fingerprint density at radius 3 is 2.81 bits per heavy atom. The fourth-order valence-corrected chi connectivity index (χ4v) is 2.17. The monoisotopic (exact) mass is 304 g/mol. The van der Waals surface area contributed by atoms with Crippen LogP contribution in [-0.2, 0) is 22.3 Å². The summed E-state index contributed by atoms with van der Waals surface area (Å²) in [5.74, 6) is -0.397. The van der Waals surface area contributed by atoms with Crippen molar-refractivity contribution in [2.24, 2.45) is 0 Å². The highest BCUT2D eigenvalue weighted by Crippen LogP contribution is 2.25. The van der Waals surface area contributed by atoms with Gasteiger partial charge in [0.05, 0.1) is 12.7 Å². The first-order valence-corrected chi connectivity index (χ1v) is 6.45. The molecule has 1 amide bonds. The standard InChI is InChI=1S/C13H15F3N2O3/c1-9-7-17(5-6-21-9)11(19)8-18-4-2-3-10(12(18)20)13(14,15)16/h2-4,9H,5-8H2,1H3. The van der Waals surface area contributed by atoms with E-state index in [9.17, 15) is 22.8 Å². The van der Waals surface area contributed by atoms with Crippen molar-refractivity contribution >= 4 is 5.91 Å². The topological polar surface area (TPSA) is 51.5 Å². The Balaban J connectivity index is 2.16. The lowest BCUT2D eigenvalue weighted by Gasteiger charge is -2.31. The fourth-order valence-electron chi connectivity index (χ4n) is 2.17. The number of carbonyl (C=O) groups is 1. The third kappa shape index (κ3) is 3.63. The Kier molecular flexibility index (Phi) is 4.36. The number of aromatic nitrogens is 1. The summed E-state index contributed by atoms with van der Waals surface area (Å²) in [5, 5.41) is 0. The van der Waals surface area contributed by atoms with E-state index in [-0.39, 0.29) is 6.10 Å². The van der Waals surface area contributed by atoms with Gasteiger partial charge in [-0.2, -0.15) is 13.2 Å². The average molecular weight is 304 g/mol. The summed E-state index contributed by atoms with van der Waals surface area (Å²) in [5.41, 5.74) is -2.48. The Labute approximate surface area is 118 Å². The van der Waals surface area contributed by atoms with Crippen molar-refractivity contribution in [2.45, 2.75) is 25.7 Å². The van der Waals surface area contributed by atoms with Gasteiger partial charge in [-0.3, -0.25) is 9.59 Å². The molecule has 1 fully saturated rings. The van der Waals surface area contributed by atoms with Crippen LogP contribution >= 0.6 is 0 Å². The molecule has 1 unspecified atom stereocenters. The van der Waals surface area contributed by atoms with Crippen molar-refractivity contribution in [1.82, 2.24) is 9.47 Å². The first-order chi connectivity index (χ1) is 9.79. The number of nitrogens with zero attached hydrogens (tertiary/aromatic N) is 2. The number of amides is 1. The molecule has 21 heavy (non-hydrogen) atoms. The van der Waals surface area contributed by atoms with Gasteiger partial charge in [0.15, 0.2) is 0 Å². The number of halogens is 3. The quantitative estimate of drug-likeness (QED) is 0.822. The molecule has 0 saturated carbocycles. The molecule has 1 atom stereocenters. The first-order valence-electron chi connectivity index (χ1n) is 6.45. The third-order valence-electron chi connectivity index (χ3n) is 3.22. The summed E-state index contributed by atoms with van der Waals surface area (Å²) in [6.45, 7) is 2.51. The smallest absolute Gasteiger partial charge is 0.375 e. The molecule has 5 nitrogen and oxygen atoms in total. The second-order valence-corrected chi connectivity index (χ2v) is 4.87. The molecule has 0 aliphatic carbocycles. The van der Waals surface area contributed by atoms with Gasteiger partial charge < -0.3 is 14.2 Å². The zero-order valence-electron chi connectivity index (χ0n) is 11.4. The number of ether oxygens (including phenoxy) is 1. The number of hydrogen-bond donors (Lipinski definition) is 0. The molecule has 1 aliphatic rings. The highest BCUT2D eigenvalue weighted by atomic mass is 19.4. The summed E-state index contributed by atoms with van der Waals surface area (Å²) in [4.78, 5) is 25.3. The predicted molar refractivity (Wildman–Crippen MR) is 67.7 cm³/mol. The van der Waals surface area contributed by atoms with Crippen molar-refractivity contribution < 1.29 is 22.7 Å². The molecule has 0 N–H and O–H groups in total. The van der Waals surface area contributed by atoms with E-state index in [2.05, 4.69) is 0 Å². The van der Waals surface area contributed by atoms with E-state index in [1.165, 1.54) is 11.1 Å². The maximum atomic E-state index is 12.6. The molecular formula is C13H15F3N2O3. The first kappa shape index (κ1) is 15.6. The summed E-state index contributed by atoms with van der Waals surface area (Å²) in [7, 11) is 0. The minimum atomic E-state index is -4.73. The van der Waals surface area contributed by atoms with Crippen molar-refractivity contribution in [3.63, 3.8) is 0 Å². The summed E-state index contributed by atoms with van der Waals surface area (Å²) < 4.78 is 44.0. The van der Waals surface area contributed by atoms with E-state index in [1.807, 2.05) is 0 Å². The van der Waals surface area contributed by atoms with Crippen LogP contribution in [0.1, 0.15) is 12.5 Å². The molecule has 1 aromatic heterocycles. The van der Waals surface area contributed by atoms with Crippen molar-refractivity contribution in [2.75, 3.05) is 19.7 Å². The van der Waals surface area contributed by atoms with Crippen molar-refractivity contribution in [3.8, 4) is 0 Å². The van der Waals surface area contributed by atoms with Crippen molar-refractivity contribution in [1.29, 1.82) is 0 Å². The second-order valence-electron chi connectivity index (χ2n) is 4.87. The van der Waals surface area contributed by atoms with Crippen LogP contribution in [0, 0.1) is 0 Å². The molecule has 2 heterocycles. The molecule has 1 aliphatic heterocycles. The van der Waals surface area contributed by atoms with E-state index in [0.717, 1.165) is 10.6 Å². The number of hydrogen-bond acceptors (Lipinski definition) is 3. The van der Waals surface area contributed by atoms with Crippen LogP contribution in [0.15, 0.2) is 23.1 Å². The molecular weight excluding hydrogens is 289 g/mol. The van der Waals surface area contributed by atoms with E-state index < -0.39 is 29.8 Å². The molecule has 8 heteroatoms. The minimum Gasteiger partial charge on any atom is -0.375 e. The minimum absolute atomic E-state index is 0.124. The molecule has 0 radical (unpaired) electrons. The number of pyridine rings is 1. The highest BCUT2D eigenvalue weighted by molar-refractivity contribution is 5.76. The van der Waals surface area contributed by atoms with Gasteiger partial charge in [-0.25, -0.2) is 0 Å². The highest BCUT2D eigenvalue weighted by Gasteiger charge is 2.34. The zero-order valence-corrected chi connectivity index (χ0v) is 11.4. The van der Waals surface area contributed by atoms with E-state index >= 15 is 0 Å². The Hall–Kier alpha value is -1.83. The van der Waals surface area contributed by atoms with Crippen LogP contribution < -0.4 is 5.56 Å². The second kappa shape index (κ2) is 5.88. The summed E-state index contributed by atoms with van der Waals surface area (Å²) >= 11 is 0. The number of carbonyl (C=O) groups excluding carboxylic acids is 1. The Morgan fingerprint density at radius 1 is 1.48 bits per heavy atom. The van der Waals surface area contributed by atoms with Gasteiger partial charge in [0, 0.05) is 19.3 Å². The predicted octanol–water partition coefficient (Wildman–Crippen LogP) is 1.11. The summed E-state index contributed by atoms with van der Waals surface area (Å²) in [6, 6.07) is 1.82. The number of alkyl halides is 3. The van der Waals surface area contributed by atoms with E-state index in [1.54, 1.807) is 6.92 Å². The Bertz CT molecular complexity index is 583. The van der Waals surface area contributed by atoms with Gasteiger partial charge >= 0.3 is 6.18 Å². The molecule has 0 spiro atoms. The maximum absolute atomic E-state index is 12.6. The van der Waals surface area contributed by atoms with Gasteiger partial charge in [-0.1, -0.05) is 0 Å². The molecule has 1 saturated heterocycles. The van der Waals surface area contributed by atoms with Gasteiger partial charge in [0.25, 0.3) is 5.56 Å². The zero-order chi connectivity index (χ0) is 15.6. The van der Waals surface area contributed by atoms with Gasteiger partial charge in [0.1, 0.15) is 12.1 Å². The Morgan fingerprint density at radius 2 is 2.19 bits per heavy atom. The van der Waals surface area contributed by atoms with Crippen LogP contribution in [0.2, 0.25) is 0 Å². The van der Waals surface area contributed by atoms with Gasteiger partial charge in [0.2, 0.25) is 5.91 Å². The lowest BCUT2D eigenvalue weighted by molar-refractivity contribution is -0.141. The summed E-state index contributed by atoms with van der Waals surface area (Å²) in [6.07, 6.45) is -3.67. The lowest BCUT2D eigenvalue weighted by Crippen LogP contribution is -2.46. The van der Waals surface area contributed by atoms with Gasteiger partial charge in [-0.05, 0) is 19.1 Å². The van der Waals surface area contributed by atoms with Crippen LogP contribution in [0.5, 0.6) is 0 Å². The van der Waals surface area contributed by atoms with Crippen LogP contribution in [0.3, 0.4) is 0 Å². The fraction of sp³-hybridized carbons (Fsp3) is 0.538. The van der Waals surface area contributed by atoms with E-state index in [4.69, 9.17) is 4.74 Å². The molecule has 1 aromatic rings. The van der Waals surface area contributed by atoms with Crippen LogP contribution in [0.4, 0.5) is 13.2 Å². The SMILES string of the molecule is CC1CN(C(=O)Cn2cccc(C(F)(F)F)c2=O)CCO1. The normalized spacial score (nSPS) is 19.6. The average Bonchev–Trinajstić information content (AvgIpc) is 2.39. The lowest BCUT2D eigenvalue weighted by atomic mass is 10.2. The number of rotatable bonds is 2. The largest absolute Gasteiger partial charge is 0.421 e. The van der Waals surface area contributed by atoms with Gasteiger partial charge in [-0.15, -0.1) is 0 Å². The van der Waals surface area contributed by atoms with E-state index in [0.29, 0.717) is 25.8 Å². The third-order valence-corrected chi connectivity index (χ3v) is 3.22.